The van der Waals surface area contributed by atoms with Gasteiger partial charge in [0.15, 0.2) is 11.4 Å². The molecule has 1 aliphatic carbocycles. The summed E-state index contributed by atoms with van der Waals surface area (Å²) in [4.78, 5) is 31.3. The number of hydrogen-bond acceptors (Lipinski definition) is 6. The first-order valence-electron chi connectivity index (χ1n) is 13.2. The summed E-state index contributed by atoms with van der Waals surface area (Å²) in [6.07, 6.45) is 8.92. The van der Waals surface area contributed by atoms with Crippen molar-refractivity contribution < 1.29 is 23.8 Å². The number of oxazole rings is 1. The summed E-state index contributed by atoms with van der Waals surface area (Å²) in [5, 5.41) is 9.90. The van der Waals surface area contributed by atoms with E-state index >= 15 is 0 Å². The minimum atomic E-state index is -0.931. The molecule has 0 radical (unpaired) electrons. The zero-order chi connectivity index (χ0) is 26.5. The number of aromatic nitrogens is 2. The Morgan fingerprint density at radius 1 is 1.11 bits per heavy atom. The first kappa shape index (κ1) is 25.6. The highest BCUT2D eigenvalue weighted by molar-refractivity contribution is 5.97. The number of benzene rings is 2. The van der Waals surface area contributed by atoms with Crippen LogP contribution in [0.1, 0.15) is 54.1 Å². The molecule has 1 fully saturated rings. The van der Waals surface area contributed by atoms with E-state index in [0.717, 1.165) is 42.3 Å². The lowest BCUT2D eigenvalue weighted by atomic mass is 9.84. The Morgan fingerprint density at radius 3 is 2.61 bits per heavy atom. The lowest BCUT2D eigenvalue weighted by Crippen LogP contribution is -2.24. The van der Waals surface area contributed by atoms with E-state index in [9.17, 15) is 14.7 Å². The summed E-state index contributed by atoms with van der Waals surface area (Å²) in [7, 11) is 1.90. The number of ketones is 1. The number of fused-ring (bicyclic) bond motifs is 1. The van der Waals surface area contributed by atoms with Crippen LogP contribution in [-0.2, 0) is 11.2 Å². The molecule has 2 aromatic heterocycles. The number of carbonyl (C=O) groups excluding carboxylic acids is 1. The van der Waals surface area contributed by atoms with E-state index in [0.29, 0.717) is 36.9 Å². The van der Waals surface area contributed by atoms with Crippen LogP contribution in [0.15, 0.2) is 71.4 Å². The predicted octanol–water partition coefficient (Wildman–Crippen LogP) is 5.78. The van der Waals surface area contributed by atoms with Gasteiger partial charge >= 0.3 is 5.97 Å². The van der Waals surface area contributed by atoms with Crippen molar-refractivity contribution in [3.63, 3.8) is 0 Å². The SMILES string of the molecule is CN(CCOc1ccc(C[C@@H](C(=O)O)n2ccc(C(=O)C3CCCCC3)c2)cc1)c1nc2ccccc2o1. The third-order valence-electron chi connectivity index (χ3n) is 7.28. The number of hydrogen-bond donors (Lipinski definition) is 1. The molecule has 1 N–H and O–H groups in total. The van der Waals surface area contributed by atoms with Crippen LogP contribution >= 0.6 is 0 Å². The van der Waals surface area contributed by atoms with Gasteiger partial charge in [0, 0.05) is 37.3 Å². The number of para-hydroxylation sites is 2. The van der Waals surface area contributed by atoms with Crippen molar-refractivity contribution >= 4 is 28.9 Å². The second kappa shape index (κ2) is 11.5. The average molecular weight is 516 g/mol. The molecule has 198 valence electrons. The summed E-state index contributed by atoms with van der Waals surface area (Å²) < 4.78 is 13.3. The number of carboxylic acids is 1. The van der Waals surface area contributed by atoms with E-state index in [1.54, 1.807) is 23.0 Å². The van der Waals surface area contributed by atoms with Crippen LogP contribution in [-0.4, -0.2) is 46.6 Å². The summed E-state index contributed by atoms with van der Waals surface area (Å²) in [6, 6.07) is 16.6. The number of carboxylic acid groups (broad SMARTS) is 1. The van der Waals surface area contributed by atoms with Gasteiger partial charge in [-0.25, -0.2) is 4.79 Å². The molecule has 0 amide bonds. The molecule has 0 aliphatic heterocycles. The van der Waals surface area contributed by atoms with Crippen LogP contribution in [0.25, 0.3) is 11.1 Å². The number of nitrogens with zero attached hydrogens (tertiary/aromatic N) is 3. The molecule has 8 heteroatoms. The quantitative estimate of drug-likeness (QED) is 0.253. The number of Topliss-reactive ketones (excluding diaryl/α,β-unsaturated/α-hetero) is 1. The van der Waals surface area contributed by atoms with Gasteiger partial charge in [-0.15, -0.1) is 0 Å². The van der Waals surface area contributed by atoms with E-state index < -0.39 is 12.0 Å². The maximum absolute atomic E-state index is 12.9. The summed E-state index contributed by atoms with van der Waals surface area (Å²) in [6.45, 7) is 1.03. The number of likely N-dealkylation sites (N-methyl/N-ethyl adjacent to an activating group) is 1. The van der Waals surface area contributed by atoms with E-state index in [4.69, 9.17) is 9.15 Å². The second-order valence-electron chi connectivity index (χ2n) is 9.98. The van der Waals surface area contributed by atoms with Crippen LogP contribution in [0.5, 0.6) is 5.75 Å². The first-order valence-corrected chi connectivity index (χ1v) is 13.2. The first-order chi connectivity index (χ1) is 18.5. The Morgan fingerprint density at radius 2 is 1.87 bits per heavy atom. The van der Waals surface area contributed by atoms with Crippen LogP contribution in [0, 0.1) is 5.92 Å². The van der Waals surface area contributed by atoms with Gasteiger partial charge in [0.25, 0.3) is 6.01 Å². The number of rotatable bonds is 11. The molecule has 1 atom stereocenters. The maximum atomic E-state index is 12.9. The number of ether oxygens (including phenoxy) is 1. The lowest BCUT2D eigenvalue weighted by Gasteiger charge is -2.19. The van der Waals surface area contributed by atoms with E-state index in [2.05, 4.69) is 4.98 Å². The van der Waals surface area contributed by atoms with Gasteiger partial charge in [0.05, 0.1) is 6.54 Å². The van der Waals surface area contributed by atoms with Gasteiger partial charge in [-0.05, 0) is 48.7 Å². The van der Waals surface area contributed by atoms with Crippen molar-refractivity contribution in [2.75, 3.05) is 25.1 Å². The maximum Gasteiger partial charge on any atom is 0.327 e. The number of aliphatic carboxylic acids is 1. The zero-order valence-corrected chi connectivity index (χ0v) is 21.6. The van der Waals surface area contributed by atoms with E-state index in [-0.39, 0.29) is 11.7 Å². The van der Waals surface area contributed by atoms with Crippen LogP contribution in [0.2, 0.25) is 0 Å². The highest BCUT2D eigenvalue weighted by Gasteiger charge is 2.25. The molecule has 8 nitrogen and oxygen atoms in total. The van der Waals surface area contributed by atoms with Gasteiger partial charge in [-0.2, -0.15) is 4.98 Å². The topological polar surface area (TPSA) is 97.8 Å². The van der Waals surface area contributed by atoms with Crippen molar-refractivity contribution in [3.05, 3.63) is 78.1 Å². The van der Waals surface area contributed by atoms with Crippen molar-refractivity contribution in [2.24, 2.45) is 5.92 Å². The predicted molar refractivity (Wildman–Crippen MR) is 145 cm³/mol. The standard InChI is InChI=1S/C30H33N3O5/c1-32(30-31-25-9-5-6-10-27(25)38-30)17-18-37-24-13-11-21(12-14-24)19-26(29(35)36)33-16-15-23(20-33)28(34)22-7-3-2-4-8-22/h5-6,9-16,20,22,26H,2-4,7-8,17-19H2,1H3,(H,35,36)/t26-/m0/s1. The van der Waals surface area contributed by atoms with Gasteiger partial charge in [-0.1, -0.05) is 43.5 Å². The summed E-state index contributed by atoms with van der Waals surface area (Å²) in [5.41, 5.74) is 3.05. The van der Waals surface area contributed by atoms with Gasteiger partial charge in [0.2, 0.25) is 0 Å². The lowest BCUT2D eigenvalue weighted by molar-refractivity contribution is -0.140. The highest BCUT2D eigenvalue weighted by atomic mass is 16.5. The molecule has 4 aromatic rings. The zero-order valence-electron chi connectivity index (χ0n) is 21.6. The smallest absolute Gasteiger partial charge is 0.327 e. The molecule has 5 rings (SSSR count). The van der Waals surface area contributed by atoms with E-state index in [1.807, 2.05) is 60.5 Å². The van der Waals surface area contributed by atoms with Crippen molar-refractivity contribution in [1.29, 1.82) is 0 Å². The second-order valence-corrected chi connectivity index (χ2v) is 9.98. The summed E-state index contributed by atoms with van der Waals surface area (Å²) in [5.74, 6) is -0.0335. The number of anilines is 1. The molecule has 1 aliphatic rings. The molecule has 0 saturated heterocycles. The largest absolute Gasteiger partial charge is 0.492 e. The molecule has 2 heterocycles. The minimum Gasteiger partial charge on any atom is -0.492 e. The Labute approximate surface area is 221 Å². The Bertz CT molecular complexity index is 1350. The highest BCUT2D eigenvalue weighted by Crippen LogP contribution is 2.28. The third-order valence-corrected chi connectivity index (χ3v) is 7.28. The van der Waals surface area contributed by atoms with Gasteiger partial charge in [-0.3, -0.25) is 4.79 Å². The van der Waals surface area contributed by atoms with Crippen molar-refractivity contribution in [3.8, 4) is 5.75 Å². The Hall–Kier alpha value is -4.07. The van der Waals surface area contributed by atoms with Crippen molar-refractivity contribution in [1.82, 2.24) is 9.55 Å². The molecule has 0 spiro atoms. The fourth-order valence-corrected chi connectivity index (χ4v) is 5.04. The van der Waals surface area contributed by atoms with E-state index in [1.165, 1.54) is 6.42 Å². The fraction of sp³-hybridized carbons (Fsp3) is 0.367. The number of carbonyl (C=O) groups is 2. The Balaban J connectivity index is 1.15. The van der Waals surface area contributed by atoms with Gasteiger partial charge < -0.3 is 23.7 Å². The fourth-order valence-electron chi connectivity index (χ4n) is 5.04. The molecular weight excluding hydrogens is 482 g/mol. The molecule has 0 unspecified atom stereocenters. The molecular formula is C30H33N3O5. The summed E-state index contributed by atoms with van der Waals surface area (Å²) >= 11 is 0. The minimum absolute atomic E-state index is 0.0604. The molecule has 2 aromatic carbocycles. The average Bonchev–Trinajstić information content (AvgIpc) is 3.60. The van der Waals surface area contributed by atoms with Crippen LogP contribution < -0.4 is 9.64 Å². The van der Waals surface area contributed by atoms with Crippen molar-refractivity contribution in [2.45, 2.75) is 44.6 Å². The molecule has 38 heavy (non-hydrogen) atoms. The van der Waals surface area contributed by atoms with Crippen LogP contribution in [0.3, 0.4) is 0 Å². The van der Waals surface area contributed by atoms with Crippen LogP contribution in [0.4, 0.5) is 6.01 Å². The van der Waals surface area contributed by atoms with Gasteiger partial charge in [0.1, 0.15) is 23.9 Å². The molecule has 0 bridgehead atoms. The third kappa shape index (κ3) is 5.90. The molecule has 1 saturated carbocycles. The monoisotopic (exact) mass is 515 g/mol. The Kier molecular flexibility index (Phi) is 7.77. The normalized spacial score (nSPS) is 14.9.